The summed E-state index contributed by atoms with van der Waals surface area (Å²) in [6, 6.07) is 12.3. The maximum absolute atomic E-state index is 12.9. The minimum Gasteiger partial charge on any atom is -0.422 e. The highest BCUT2D eigenvalue weighted by molar-refractivity contribution is 5.99. The smallest absolute Gasteiger partial charge is 0.349 e. The summed E-state index contributed by atoms with van der Waals surface area (Å²) in [6.07, 6.45) is -1.02. The van der Waals surface area contributed by atoms with E-state index in [2.05, 4.69) is 5.32 Å². The minimum absolute atomic E-state index is 0.0926. The first-order valence-corrected chi connectivity index (χ1v) is 7.71. The number of aliphatic hydroxyl groups is 1. The molecule has 25 heavy (non-hydrogen) atoms. The van der Waals surface area contributed by atoms with Crippen LogP contribution in [-0.4, -0.2) is 17.6 Å². The summed E-state index contributed by atoms with van der Waals surface area (Å²) < 4.78 is 18.1. The van der Waals surface area contributed by atoms with Gasteiger partial charge in [-0.1, -0.05) is 30.3 Å². The molecule has 1 unspecified atom stereocenters. The lowest BCUT2D eigenvalue weighted by molar-refractivity contribution is 0.0912. The molecule has 0 saturated carbocycles. The van der Waals surface area contributed by atoms with E-state index in [1.807, 2.05) is 0 Å². The van der Waals surface area contributed by atoms with Gasteiger partial charge in [-0.15, -0.1) is 0 Å². The molecular formula is C19H16FNO4. The molecule has 2 aromatic carbocycles. The van der Waals surface area contributed by atoms with Gasteiger partial charge in [0.2, 0.25) is 0 Å². The van der Waals surface area contributed by atoms with Crippen molar-refractivity contribution in [3.8, 4) is 0 Å². The third-order valence-corrected chi connectivity index (χ3v) is 4.01. The van der Waals surface area contributed by atoms with Crippen LogP contribution in [0, 0.1) is 12.7 Å². The molecule has 6 heteroatoms. The second kappa shape index (κ2) is 6.86. The number of amides is 1. The highest BCUT2D eigenvalue weighted by Crippen LogP contribution is 2.19. The first-order valence-electron chi connectivity index (χ1n) is 7.71. The van der Waals surface area contributed by atoms with Crippen LogP contribution in [0.1, 0.15) is 27.6 Å². The number of rotatable bonds is 4. The topological polar surface area (TPSA) is 79.5 Å². The molecule has 1 heterocycles. The molecule has 1 atom stereocenters. The largest absolute Gasteiger partial charge is 0.422 e. The quantitative estimate of drug-likeness (QED) is 0.715. The van der Waals surface area contributed by atoms with Crippen LogP contribution in [0.25, 0.3) is 11.0 Å². The molecule has 1 amide bonds. The van der Waals surface area contributed by atoms with Crippen molar-refractivity contribution in [2.75, 3.05) is 6.54 Å². The lowest BCUT2D eigenvalue weighted by Gasteiger charge is -2.13. The van der Waals surface area contributed by atoms with Crippen molar-refractivity contribution in [3.05, 3.63) is 81.5 Å². The number of aryl methyl sites for hydroxylation is 1. The van der Waals surface area contributed by atoms with Gasteiger partial charge in [-0.3, -0.25) is 4.79 Å². The van der Waals surface area contributed by atoms with E-state index >= 15 is 0 Å². The average molecular weight is 341 g/mol. The number of hydrogen-bond donors (Lipinski definition) is 2. The van der Waals surface area contributed by atoms with Crippen LogP contribution in [0.5, 0.6) is 0 Å². The van der Waals surface area contributed by atoms with Crippen molar-refractivity contribution >= 4 is 16.9 Å². The Labute approximate surface area is 142 Å². The Morgan fingerprint density at radius 2 is 1.88 bits per heavy atom. The van der Waals surface area contributed by atoms with Crippen LogP contribution >= 0.6 is 0 Å². The summed E-state index contributed by atoms with van der Waals surface area (Å²) in [7, 11) is 0. The minimum atomic E-state index is -1.02. The molecule has 0 fully saturated rings. The summed E-state index contributed by atoms with van der Waals surface area (Å²) in [6.45, 7) is 1.56. The summed E-state index contributed by atoms with van der Waals surface area (Å²) in [5, 5.41) is 13.3. The van der Waals surface area contributed by atoms with Gasteiger partial charge in [-0.25, -0.2) is 9.18 Å². The highest BCUT2D eigenvalue weighted by Gasteiger charge is 2.19. The fourth-order valence-electron chi connectivity index (χ4n) is 2.65. The van der Waals surface area contributed by atoms with Gasteiger partial charge < -0.3 is 14.8 Å². The predicted octanol–water partition coefficient (Wildman–Crippen LogP) is 2.70. The van der Waals surface area contributed by atoms with Crippen molar-refractivity contribution in [1.82, 2.24) is 5.32 Å². The normalized spacial score (nSPS) is 12.1. The number of nitrogens with one attached hydrogen (secondary N) is 1. The summed E-state index contributed by atoms with van der Waals surface area (Å²) in [4.78, 5) is 24.5. The van der Waals surface area contributed by atoms with Crippen LogP contribution in [0.15, 0.2) is 57.7 Å². The third-order valence-electron chi connectivity index (χ3n) is 4.01. The van der Waals surface area contributed by atoms with Crippen molar-refractivity contribution in [2.45, 2.75) is 13.0 Å². The molecule has 0 aliphatic carbocycles. The third kappa shape index (κ3) is 3.44. The summed E-state index contributed by atoms with van der Waals surface area (Å²) in [5.74, 6) is -1.04. The van der Waals surface area contributed by atoms with Crippen LogP contribution in [0.4, 0.5) is 4.39 Å². The van der Waals surface area contributed by atoms with Crippen molar-refractivity contribution in [1.29, 1.82) is 0 Å². The van der Waals surface area contributed by atoms with E-state index < -0.39 is 23.5 Å². The number of carbonyl (C=O) groups excluding carboxylic acids is 1. The Morgan fingerprint density at radius 3 is 2.60 bits per heavy atom. The van der Waals surface area contributed by atoms with E-state index in [1.165, 1.54) is 24.3 Å². The van der Waals surface area contributed by atoms with Crippen LogP contribution in [0.3, 0.4) is 0 Å². The van der Waals surface area contributed by atoms with Gasteiger partial charge in [0, 0.05) is 11.9 Å². The molecule has 0 radical (unpaired) electrons. The summed E-state index contributed by atoms with van der Waals surface area (Å²) >= 11 is 0. The van der Waals surface area contributed by atoms with Gasteiger partial charge in [0.25, 0.3) is 5.91 Å². The lowest BCUT2D eigenvalue weighted by Crippen LogP contribution is -2.32. The molecule has 1 aromatic heterocycles. The number of hydrogen-bond acceptors (Lipinski definition) is 4. The zero-order chi connectivity index (χ0) is 18.0. The molecule has 0 aliphatic heterocycles. The van der Waals surface area contributed by atoms with E-state index in [9.17, 15) is 19.1 Å². The molecule has 0 aliphatic rings. The van der Waals surface area contributed by atoms with Gasteiger partial charge in [0.1, 0.15) is 17.0 Å². The lowest BCUT2D eigenvalue weighted by atomic mass is 10.1. The molecule has 2 N–H and O–H groups in total. The fourth-order valence-corrected chi connectivity index (χ4v) is 2.65. The molecule has 128 valence electrons. The number of benzene rings is 2. The zero-order valence-electron chi connectivity index (χ0n) is 13.5. The zero-order valence-corrected chi connectivity index (χ0v) is 13.5. The monoisotopic (exact) mass is 341 g/mol. The van der Waals surface area contributed by atoms with Gasteiger partial charge in [0.15, 0.2) is 0 Å². The van der Waals surface area contributed by atoms with E-state index in [0.29, 0.717) is 22.1 Å². The van der Waals surface area contributed by atoms with Gasteiger partial charge in [-0.05, 0) is 36.2 Å². The van der Waals surface area contributed by atoms with Gasteiger partial charge >= 0.3 is 5.63 Å². The second-order valence-electron chi connectivity index (χ2n) is 5.66. The maximum atomic E-state index is 12.9. The fraction of sp³-hybridized carbons (Fsp3) is 0.158. The number of fused-ring (bicyclic) bond motifs is 1. The Bertz CT molecular complexity index is 979. The second-order valence-corrected chi connectivity index (χ2v) is 5.66. The molecule has 3 aromatic rings. The van der Waals surface area contributed by atoms with Crippen LogP contribution < -0.4 is 10.9 Å². The molecule has 0 saturated heterocycles. The molecule has 3 rings (SSSR count). The Hall–Kier alpha value is -2.99. The molecule has 5 nitrogen and oxygen atoms in total. The van der Waals surface area contributed by atoms with Gasteiger partial charge in [0.05, 0.1) is 6.10 Å². The molecule has 0 spiro atoms. The van der Waals surface area contributed by atoms with Crippen molar-refractivity contribution in [2.24, 2.45) is 0 Å². The van der Waals surface area contributed by atoms with Crippen LogP contribution in [-0.2, 0) is 0 Å². The average Bonchev–Trinajstić information content (AvgIpc) is 2.60. The van der Waals surface area contributed by atoms with Crippen LogP contribution in [0.2, 0.25) is 0 Å². The molecular weight excluding hydrogens is 325 g/mol. The van der Waals surface area contributed by atoms with E-state index in [0.717, 1.165) is 0 Å². The highest BCUT2D eigenvalue weighted by atomic mass is 19.1. The Balaban J connectivity index is 1.80. The summed E-state index contributed by atoms with van der Waals surface area (Å²) in [5.41, 5.74) is 0.562. The number of halogens is 1. The van der Waals surface area contributed by atoms with Gasteiger partial charge in [-0.2, -0.15) is 0 Å². The first-order chi connectivity index (χ1) is 12.0. The first kappa shape index (κ1) is 16.9. The molecule has 0 bridgehead atoms. The number of carbonyl (C=O) groups is 1. The standard InChI is InChI=1S/C19H16FNO4/c1-11-14-4-2-3-5-16(14)25-19(24)17(11)18(23)21-10-15(22)12-6-8-13(20)9-7-12/h2-9,15,22H,10H2,1H3,(H,21,23). The predicted molar refractivity (Wildman–Crippen MR) is 90.9 cm³/mol. The Morgan fingerprint density at radius 1 is 1.20 bits per heavy atom. The number of para-hydroxylation sites is 1. The maximum Gasteiger partial charge on any atom is 0.349 e. The van der Waals surface area contributed by atoms with Crippen molar-refractivity contribution in [3.63, 3.8) is 0 Å². The van der Waals surface area contributed by atoms with E-state index in [-0.39, 0.29) is 12.1 Å². The Kier molecular flexibility index (Phi) is 4.63. The van der Waals surface area contributed by atoms with E-state index in [1.54, 1.807) is 31.2 Å². The number of aliphatic hydroxyl groups excluding tert-OH is 1. The SMILES string of the molecule is Cc1c(C(=O)NCC(O)c2ccc(F)cc2)c(=O)oc2ccccc12. The van der Waals surface area contributed by atoms with E-state index in [4.69, 9.17) is 4.42 Å². The van der Waals surface area contributed by atoms with Crippen molar-refractivity contribution < 1.29 is 18.7 Å².